The van der Waals surface area contributed by atoms with Crippen LogP contribution in [-0.4, -0.2) is 35.8 Å². The molecule has 0 atom stereocenters. The largest absolute Gasteiger partial charge is 0.399 e. The topological polar surface area (TPSA) is 75.4 Å². The first kappa shape index (κ1) is 14.3. The van der Waals surface area contributed by atoms with Crippen molar-refractivity contribution in [2.75, 3.05) is 18.8 Å². The molecule has 108 valence electrons. The minimum Gasteiger partial charge on any atom is -0.399 e. The summed E-state index contributed by atoms with van der Waals surface area (Å²) in [7, 11) is 0. The molecule has 1 heterocycles. The maximum Gasteiger partial charge on any atom is 0.256 e. The highest BCUT2D eigenvalue weighted by Crippen LogP contribution is 2.18. The monoisotopic (exact) mass is 279 g/mol. The van der Waals surface area contributed by atoms with Crippen LogP contribution in [0.3, 0.4) is 0 Å². The van der Waals surface area contributed by atoms with Crippen molar-refractivity contribution >= 4 is 17.5 Å². The number of carbonyl (C=O) groups is 2. The first-order valence-corrected chi connectivity index (χ1v) is 6.59. The van der Waals surface area contributed by atoms with E-state index in [1.54, 1.807) is 4.90 Å². The van der Waals surface area contributed by atoms with Gasteiger partial charge in [-0.3, -0.25) is 9.59 Å². The summed E-state index contributed by atoms with van der Waals surface area (Å²) >= 11 is 0. The first-order chi connectivity index (χ1) is 9.47. The number of nitrogens with one attached hydrogen (secondary N) is 1. The van der Waals surface area contributed by atoms with E-state index in [0.29, 0.717) is 31.6 Å². The highest BCUT2D eigenvalue weighted by atomic mass is 19.1. The number of amides is 2. The van der Waals surface area contributed by atoms with Crippen molar-refractivity contribution in [3.63, 3.8) is 0 Å². The Labute approximate surface area is 116 Å². The van der Waals surface area contributed by atoms with Crippen LogP contribution in [0.25, 0.3) is 0 Å². The Hall–Kier alpha value is -2.11. The Morgan fingerprint density at radius 3 is 2.60 bits per heavy atom. The van der Waals surface area contributed by atoms with Crippen LogP contribution < -0.4 is 11.1 Å². The molecule has 5 nitrogen and oxygen atoms in total. The van der Waals surface area contributed by atoms with E-state index in [0.717, 1.165) is 0 Å². The summed E-state index contributed by atoms with van der Waals surface area (Å²) in [5, 5.41) is 2.83. The lowest BCUT2D eigenvalue weighted by Crippen LogP contribution is -2.46. The fraction of sp³-hybridized carbons (Fsp3) is 0.429. The third-order valence-corrected chi connectivity index (χ3v) is 3.41. The van der Waals surface area contributed by atoms with Crippen molar-refractivity contribution in [3.05, 3.63) is 29.6 Å². The second kappa shape index (κ2) is 5.90. The van der Waals surface area contributed by atoms with Gasteiger partial charge in [0.1, 0.15) is 5.82 Å². The Bertz CT molecular complexity index is 525. The molecule has 0 aliphatic carbocycles. The fourth-order valence-corrected chi connectivity index (χ4v) is 2.39. The van der Waals surface area contributed by atoms with Crippen LogP contribution in [0.2, 0.25) is 0 Å². The van der Waals surface area contributed by atoms with Crippen molar-refractivity contribution in [1.82, 2.24) is 10.2 Å². The summed E-state index contributed by atoms with van der Waals surface area (Å²) in [6, 6.07) is 4.07. The molecule has 1 aliphatic heterocycles. The number of likely N-dealkylation sites (tertiary alicyclic amines) is 1. The minimum absolute atomic E-state index is 0.00276. The van der Waals surface area contributed by atoms with Gasteiger partial charge in [0.15, 0.2) is 0 Å². The molecule has 2 rings (SSSR count). The number of nitrogens with zero attached hydrogens (tertiary/aromatic N) is 1. The maximum absolute atomic E-state index is 13.7. The third kappa shape index (κ3) is 3.26. The molecule has 6 heteroatoms. The van der Waals surface area contributed by atoms with Gasteiger partial charge in [0.05, 0.1) is 5.56 Å². The smallest absolute Gasteiger partial charge is 0.256 e. The molecule has 0 radical (unpaired) electrons. The standard InChI is InChI=1S/C14H18FN3O2/c1-9(19)17-11-4-6-18(7-5-11)14(20)12-8-10(16)2-3-13(12)15/h2-3,8,11H,4-7,16H2,1H3,(H,17,19). The molecule has 20 heavy (non-hydrogen) atoms. The Kier molecular flexibility index (Phi) is 4.22. The fourth-order valence-electron chi connectivity index (χ4n) is 2.39. The number of rotatable bonds is 2. The number of halogens is 1. The highest BCUT2D eigenvalue weighted by Gasteiger charge is 2.25. The van der Waals surface area contributed by atoms with Crippen molar-refractivity contribution < 1.29 is 14.0 Å². The second-order valence-corrected chi connectivity index (χ2v) is 5.01. The predicted molar refractivity (Wildman–Crippen MR) is 73.6 cm³/mol. The molecule has 2 amide bonds. The molecule has 0 spiro atoms. The Morgan fingerprint density at radius 2 is 2.00 bits per heavy atom. The maximum atomic E-state index is 13.7. The van der Waals surface area contributed by atoms with Gasteiger partial charge >= 0.3 is 0 Å². The van der Waals surface area contributed by atoms with Gasteiger partial charge in [-0.1, -0.05) is 0 Å². The lowest BCUT2D eigenvalue weighted by molar-refractivity contribution is -0.119. The number of carbonyl (C=O) groups excluding carboxylic acids is 2. The molecular weight excluding hydrogens is 261 g/mol. The molecule has 0 unspecified atom stereocenters. The van der Waals surface area contributed by atoms with Crippen LogP contribution in [0, 0.1) is 5.82 Å². The molecule has 1 saturated heterocycles. The van der Waals surface area contributed by atoms with Gasteiger partial charge in [0.2, 0.25) is 5.91 Å². The molecule has 0 aromatic heterocycles. The van der Waals surface area contributed by atoms with Crippen molar-refractivity contribution in [2.24, 2.45) is 0 Å². The second-order valence-electron chi connectivity index (χ2n) is 5.01. The molecular formula is C14H18FN3O2. The number of hydrogen-bond acceptors (Lipinski definition) is 3. The number of hydrogen-bond donors (Lipinski definition) is 2. The minimum atomic E-state index is -0.562. The van der Waals surface area contributed by atoms with Crippen molar-refractivity contribution in [3.8, 4) is 0 Å². The van der Waals surface area contributed by atoms with Crippen LogP contribution in [-0.2, 0) is 4.79 Å². The predicted octanol–water partition coefficient (Wildman–Crippen LogP) is 1.15. The summed E-state index contributed by atoms with van der Waals surface area (Å²) in [6.07, 6.45) is 1.35. The molecule has 1 aliphatic rings. The van der Waals surface area contributed by atoms with E-state index >= 15 is 0 Å². The lowest BCUT2D eigenvalue weighted by atomic mass is 10.0. The summed E-state index contributed by atoms with van der Waals surface area (Å²) < 4.78 is 13.7. The number of benzene rings is 1. The number of piperidine rings is 1. The zero-order valence-corrected chi connectivity index (χ0v) is 11.4. The van der Waals surface area contributed by atoms with Gasteiger partial charge in [-0.15, -0.1) is 0 Å². The summed E-state index contributed by atoms with van der Waals surface area (Å²) in [6.45, 7) is 2.47. The van der Waals surface area contributed by atoms with Crippen molar-refractivity contribution in [1.29, 1.82) is 0 Å². The van der Waals surface area contributed by atoms with E-state index < -0.39 is 5.82 Å². The quantitative estimate of drug-likeness (QED) is 0.797. The number of nitrogen functional groups attached to an aromatic ring is 1. The van der Waals surface area contributed by atoms with E-state index in [2.05, 4.69) is 5.32 Å². The summed E-state index contributed by atoms with van der Waals surface area (Å²) in [4.78, 5) is 24.8. The van der Waals surface area contributed by atoms with E-state index in [1.807, 2.05) is 0 Å². The van der Waals surface area contributed by atoms with Gasteiger partial charge in [-0.05, 0) is 31.0 Å². The molecule has 3 N–H and O–H groups in total. The molecule has 0 bridgehead atoms. The van der Waals surface area contributed by atoms with Crippen molar-refractivity contribution in [2.45, 2.75) is 25.8 Å². The molecule has 1 aromatic carbocycles. The van der Waals surface area contributed by atoms with Gasteiger partial charge in [-0.25, -0.2) is 4.39 Å². The number of anilines is 1. The normalized spacial score (nSPS) is 16.0. The van der Waals surface area contributed by atoms with Crippen LogP contribution in [0.1, 0.15) is 30.1 Å². The van der Waals surface area contributed by atoms with E-state index in [1.165, 1.54) is 25.1 Å². The van der Waals surface area contributed by atoms with E-state index in [-0.39, 0.29) is 23.4 Å². The first-order valence-electron chi connectivity index (χ1n) is 6.59. The van der Waals surface area contributed by atoms with Gasteiger partial charge < -0.3 is 16.0 Å². The van der Waals surface area contributed by atoms with Crippen LogP contribution in [0.5, 0.6) is 0 Å². The lowest BCUT2D eigenvalue weighted by Gasteiger charge is -2.32. The zero-order chi connectivity index (χ0) is 14.7. The van der Waals surface area contributed by atoms with Gasteiger partial charge in [-0.2, -0.15) is 0 Å². The Morgan fingerprint density at radius 1 is 1.35 bits per heavy atom. The highest BCUT2D eigenvalue weighted by molar-refractivity contribution is 5.95. The SMILES string of the molecule is CC(=O)NC1CCN(C(=O)c2cc(N)ccc2F)CC1. The third-order valence-electron chi connectivity index (χ3n) is 3.41. The summed E-state index contributed by atoms with van der Waals surface area (Å²) in [5.74, 6) is -0.985. The van der Waals surface area contributed by atoms with Gasteiger partial charge in [0, 0.05) is 31.7 Å². The van der Waals surface area contributed by atoms with E-state index in [4.69, 9.17) is 5.73 Å². The van der Waals surface area contributed by atoms with Gasteiger partial charge in [0.25, 0.3) is 5.91 Å². The average molecular weight is 279 g/mol. The van der Waals surface area contributed by atoms with Crippen LogP contribution in [0.15, 0.2) is 18.2 Å². The van der Waals surface area contributed by atoms with E-state index in [9.17, 15) is 14.0 Å². The molecule has 1 fully saturated rings. The van der Waals surface area contributed by atoms with Crippen LogP contribution >= 0.6 is 0 Å². The summed E-state index contributed by atoms with van der Waals surface area (Å²) in [5.41, 5.74) is 5.95. The number of nitrogens with two attached hydrogens (primary N) is 1. The molecule has 0 saturated carbocycles. The average Bonchev–Trinajstić information content (AvgIpc) is 2.41. The zero-order valence-electron chi connectivity index (χ0n) is 11.4. The van der Waals surface area contributed by atoms with Crippen LogP contribution in [0.4, 0.5) is 10.1 Å². The Balaban J connectivity index is 2.01. The molecule has 1 aromatic rings.